The third-order valence-corrected chi connectivity index (χ3v) is 6.80. The van der Waals surface area contributed by atoms with Gasteiger partial charge in [0, 0.05) is 12.1 Å². The Balaban J connectivity index is 1.29. The summed E-state index contributed by atoms with van der Waals surface area (Å²) in [6, 6.07) is 31.1. The quantitative estimate of drug-likeness (QED) is 0.310. The molecule has 1 aliphatic rings. The molecule has 0 saturated heterocycles. The highest BCUT2D eigenvalue weighted by molar-refractivity contribution is 5.97. The maximum absolute atomic E-state index is 12.9. The van der Waals surface area contributed by atoms with Crippen molar-refractivity contribution >= 4 is 17.6 Å². The minimum Gasteiger partial charge on any atom is -0.490 e. The molecule has 6 heteroatoms. The number of benzene rings is 4. The van der Waals surface area contributed by atoms with E-state index in [-0.39, 0.29) is 17.9 Å². The number of hydrogen-bond donors (Lipinski definition) is 1. The highest BCUT2D eigenvalue weighted by atomic mass is 16.5. The minimum atomic E-state index is -0.350. The molecule has 4 aromatic rings. The Morgan fingerprint density at radius 3 is 2.45 bits per heavy atom. The normalized spacial score (nSPS) is 13.2. The predicted octanol–water partition coefficient (Wildman–Crippen LogP) is 6.03. The van der Waals surface area contributed by atoms with Crippen LogP contribution in [0.1, 0.15) is 44.8 Å². The summed E-state index contributed by atoms with van der Waals surface area (Å²) in [5.74, 6) is 0.227. The fourth-order valence-electron chi connectivity index (χ4n) is 4.72. The first-order chi connectivity index (χ1) is 18.5. The first-order valence-corrected chi connectivity index (χ1v) is 12.7. The van der Waals surface area contributed by atoms with Crippen LogP contribution in [-0.4, -0.2) is 32.1 Å². The van der Waals surface area contributed by atoms with Crippen LogP contribution in [0.4, 0.5) is 5.69 Å². The van der Waals surface area contributed by atoms with Crippen molar-refractivity contribution in [3.8, 4) is 16.9 Å². The van der Waals surface area contributed by atoms with Crippen molar-refractivity contribution in [2.45, 2.75) is 19.5 Å². The van der Waals surface area contributed by atoms with Crippen LogP contribution in [-0.2, 0) is 11.3 Å². The summed E-state index contributed by atoms with van der Waals surface area (Å²) in [5.41, 5.74) is 6.07. The van der Waals surface area contributed by atoms with Crippen LogP contribution >= 0.6 is 0 Å². The number of fused-ring (bicyclic) bond motifs is 1. The Labute approximate surface area is 222 Å². The predicted molar refractivity (Wildman–Crippen MR) is 149 cm³/mol. The van der Waals surface area contributed by atoms with E-state index in [4.69, 9.17) is 9.47 Å². The first-order valence-electron chi connectivity index (χ1n) is 12.7. The van der Waals surface area contributed by atoms with Gasteiger partial charge in [0.1, 0.15) is 12.4 Å². The molecule has 4 aromatic carbocycles. The number of anilines is 1. The topological polar surface area (TPSA) is 67.9 Å². The van der Waals surface area contributed by atoms with Crippen LogP contribution in [0.15, 0.2) is 97.1 Å². The van der Waals surface area contributed by atoms with E-state index in [0.29, 0.717) is 30.0 Å². The number of amides is 1. The van der Waals surface area contributed by atoms with E-state index in [1.54, 1.807) is 6.07 Å². The second kappa shape index (κ2) is 11.2. The number of carbonyl (C=O) groups is 2. The van der Waals surface area contributed by atoms with Crippen LogP contribution in [0.3, 0.4) is 0 Å². The number of nitrogens with zero attached hydrogens (tertiary/aromatic N) is 1. The molecule has 1 heterocycles. The van der Waals surface area contributed by atoms with Gasteiger partial charge in [-0.05, 0) is 53.4 Å². The number of methoxy groups -OCH3 is 1. The second-order valence-corrected chi connectivity index (χ2v) is 9.29. The van der Waals surface area contributed by atoms with Crippen LogP contribution in [0.2, 0.25) is 0 Å². The highest BCUT2D eigenvalue weighted by Gasteiger charge is 2.21. The molecule has 0 saturated carbocycles. The lowest BCUT2D eigenvalue weighted by Crippen LogP contribution is -2.32. The van der Waals surface area contributed by atoms with Gasteiger partial charge in [-0.1, -0.05) is 72.8 Å². The lowest BCUT2D eigenvalue weighted by atomic mass is 9.98. The van der Waals surface area contributed by atoms with Crippen LogP contribution in [0, 0.1) is 0 Å². The van der Waals surface area contributed by atoms with Crippen LogP contribution < -0.4 is 15.0 Å². The van der Waals surface area contributed by atoms with Crippen LogP contribution in [0.5, 0.6) is 5.75 Å². The average Bonchev–Trinajstić information content (AvgIpc) is 2.97. The molecule has 1 N–H and O–H groups in total. The number of hydrogen-bond acceptors (Lipinski definition) is 5. The standard InChI is InChI=1S/C32H30N2O4/c1-22(24-8-4-3-5-9-24)33-31(35)26-16-17-29-30(20-26)38-19-18-34(29)21-23-12-14-25(15-13-23)27-10-6-7-11-28(27)32(36)37-2/h3-17,20,22H,18-19,21H2,1-2H3,(H,33,35)/t22-/m0/s1. The maximum Gasteiger partial charge on any atom is 0.338 e. The van der Waals surface area contributed by atoms with Gasteiger partial charge < -0.3 is 19.7 Å². The lowest BCUT2D eigenvalue weighted by molar-refractivity contribution is 0.0601. The number of nitrogens with one attached hydrogen (secondary N) is 1. The largest absolute Gasteiger partial charge is 0.490 e. The molecular formula is C32H30N2O4. The summed E-state index contributed by atoms with van der Waals surface area (Å²) in [7, 11) is 1.39. The van der Waals surface area contributed by atoms with E-state index >= 15 is 0 Å². The molecule has 1 atom stereocenters. The Morgan fingerprint density at radius 1 is 0.947 bits per heavy atom. The zero-order chi connectivity index (χ0) is 26.5. The van der Waals surface area contributed by atoms with Crippen molar-refractivity contribution in [2.24, 2.45) is 0 Å². The first kappa shape index (κ1) is 25.1. The summed E-state index contributed by atoms with van der Waals surface area (Å²) in [6.45, 7) is 3.97. The van der Waals surface area contributed by atoms with Gasteiger partial charge in [-0.3, -0.25) is 4.79 Å². The van der Waals surface area contributed by atoms with Gasteiger partial charge in [-0.2, -0.15) is 0 Å². The maximum atomic E-state index is 12.9. The summed E-state index contributed by atoms with van der Waals surface area (Å²) in [6.07, 6.45) is 0. The second-order valence-electron chi connectivity index (χ2n) is 9.29. The molecule has 0 radical (unpaired) electrons. The van der Waals surface area contributed by atoms with Gasteiger partial charge in [0.25, 0.3) is 5.91 Å². The summed E-state index contributed by atoms with van der Waals surface area (Å²) in [4.78, 5) is 27.3. The number of rotatable bonds is 7. The van der Waals surface area contributed by atoms with Gasteiger partial charge in [-0.15, -0.1) is 0 Å². The average molecular weight is 507 g/mol. The monoisotopic (exact) mass is 506 g/mol. The SMILES string of the molecule is COC(=O)c1ccccc1-c1ccc(CN2CCOc3cc(C(=O)N[C@@H](C)c4ccccc4)ccc32)cc1. The summed E-state index contributed by atoms with van der Waals surface area (Å²) >= 11 is 0. The summed E-state index contributed by atoms with van der Waals surface area (Å²) < 4.78 is 10.9. The van der Waals surface area contributed by atoms with E-state index < -0.39 is 0 Å². The highest BCUT2D eigenvalue weighted by Crippen LogP contribution is 2.34. The minimum absolute atomic E-state index is 0.0975. The molecule has 38 heavy (non-hydrogen) atoms. The zero-order valence-electron chi connectivity index (χ0n) is 21.5. The third-order valence-electron chi connectivity index (χ3n) is 6.80. The zero-order valence-corrected chi connectivity index (χ0v) is 21.5. The van der Waals surface area contributed by atoms with Gasteiger partial charge in [0.15, 0.2) is 0 Å². The van der Waals surface area contributed by atoms with Crippen molar-refractivity contribution in [1.29, 1.82) is 0 Å². The molecule has 0 bridgehead atoms. The van der Waals surface area contributed by atoms with Crippen molar-refractivity contribution in [1.82, 2.24) is 5.32 Å². The number of carbonyl (C=O) groups excluding carboxylic acids is 2. The molecule has 0 aromatic heterocycles. The Kier molecular flexibility index (Phi) is 7.40. The fourth-order valence-corrected chi connectivity index (χ4v) is 4.72. The van der Waals surface area contributed by atoms with Gasteiger partial charge in [0.05, 0.1) is 30.9 Å². The van der Waals surface area contributed by atoms with E-state index in [1.165, 1.54) is 7.11 Å². The Bertz CT molecular complexity index is 1430. The molecule has 1 amide bonds. The molecule has 6 nitrogen and oxygen atoms in total. The molecule has 0 fully saturated rings. The van der Waals surface area contributed by atoms with Crippen LogP contribution in [0.25, 0.3) is 11.1 Å². The molecule has 0 spiro atoms. The number of esters is 1. The van der Waals surface area contributed by atoms with E-state index in [0.717, 1.165) is 34.5 Å². The fraction of sp³-hybridized carbons (Fsp3) is 0.188. The van der Waals surface area contributed by atoms with E-state index in [9.17, 15) is 9.59 Å². The Hall–Kier alpha value is -4.58. The lowest BCUT2D eigenvalue weighted by Gasteiger charge is -2.31. The molecule has 192 valence electrons. The smallest absolute Gasteiger partial charge is 0.338 e. The molecule has 0 unspecified atom stereocenters. The van der Waals surface area contributed by atoms with Crippen molar-refractivity contribution in [2.75, 3.05) is 25.2 Å². The molecule has 5 rings (SSSR count). The molecular weight excluding hydrogens is 476 g/mol. The molecule has 0 aliphatic carbocycles. The summed E-state index contributed by atoms with van der Waals surface area (Å²) in [5, 5.41) is 3.07. The van der Waals surface area contributed by atoms with Gasteiger partial charge in [0.2, 0.25) is 0 Å². The van der Waals surface area contributed by atoms with Crippen molar-refractivity contribution < 1.29 is 19.1 Å². The third kappa shape index (κ3) is 5.39. The molecule has 1 aliphatic heterocycles. The number of ether oxygens (including phenoxy) is 2. The van der Waals surface area contributed by atoms with E-state index in [2.05, 4.69) is 22.3 Å². The van der Waals surface area contributed by atoms with E-state index in [1.807, 2.05) is 85.8 Å². The van der Waals surface area contributed by atoms with Crippen molar-refractivity contribution in [3.05, 3.63) is 119 Å². The Morgan fingerprint density at radius 2 is 1.68 bits per heavy atom. The van der Waals surface area contributed by atoms with Gasteiger partial charge in [-0.25, -0.2) is 4.79 Å². The van der Waals surface area contributed by atoms with Gasteiger partial charge >= 0.3 is 5.97 Å². The van der Waals surface area contributed by atoms with Crippen molar-refractivity contribution in [3.63, 3.8) is 0 Å².